The SMILES string of the molecule is CC(C)c1nccn(-c2ncccc2F)c1=O. The molecular formula is C12H12FN3O. The van der Waals surface area contributed by atoms with Crippen molar-refractivity contribution in [3.8, 4) is 5.82 Å². The Hall–Kier alpha value is -2.04. The first kappa shape index (κ1) is 11.4. The van der Waals surface area contributed by atoms with E-state index in [2.05, 4.69) is 9.97 Å². The third-order valence-electron chi connectivity index (χ3n) is 2.38. The van der Waals surface area contributed by atoms with Gasteiger partial charge in [0.15, 0.2) is 11.6 Å². The van der Waals surface area contributed by atoms with Crippen LogP contribution in [0, 0.1) is 5.82 Å². The van der Waals surface area contributed by atoms with Crippen LogP contribution in [0.5, 0.6) is 0 Å². The first-order valence-corrected chi connectivity index (χ1v) is 5.29. The van der Waals surface area contributed by atoms with Crippen LogP contribution in [-0.2, 0) is 0 Å². The van der Waals surface area contributed by atoms with Crippen LogP contribution in [0.3, 0.4) is 0 Å². The van der Waals surface area contributed by atoms with Crippen LogP contribution in [0.1, 0.15) is 25.5 Å². The third-order valence-corrected chi connectivity index (χ3v) is 2.38. The summed E-state index contributed by atoms with van der Waals surface area (Å²) < 4.78 is 14.7. The Morgan fingerprint density at radius 3 is 2.71 bits per heavy atom. The van der Waals surface area contributed by atoms with E-state index in [9.17, 15) is 9.18 Å². The zero-order valence-electron chi connectivity index (χ0n) is 9.59. The number of rotatable bonds is 2. The molecule has 0 aromatic carbocycles. The number of nitrogens with zero attached hydrogens (tertiary/aromatic N) is 3. The van der Waals surface area contributed by atoms with Gasteiger partial charge in [0.2, 0.25) is 0 Å². The van der Waals surface area contributed by atoms with E-state index >= 15 is 0 Å². The Labute approximate surface area is 97.8 Å². The average molecular weight is 233 g/mol. The van der Waals surface area contributed by atoms with Crippen molar-refractivity contribution < 1.29 is 4.39 Å². The molecule has 0 aliphatic heterocycles. The van der Waals surface area contributed by atoms with Crippen LogP contribution in [0.4, 0.5) is 4.39 Å². The summed E-state index contributed by atoms with van der Waals surface area (Å²) in [6.45, 7) is 3.73. The number of halogens is 1. The first-order valence-electron chi connectivity index (χ1n) is 5.29. The van der Waals surface area contributed by atoms with Crippen LogP contribution in [0.25, 0.3) is 5.82 Å². The van der Waals surface area contributed by atoms with Crippen molar-refractivity contribution in [3.05, 3.63) is 52.6 Å². The minimum absolute atomic E-state index is 0.00167. The summed E-state index contributed by atoms with van der Waals surface area (Å²) in [6.07, 6.45) is 4.34. The molecule has 0 saturated carbocycles. The predicted octanol–water partition coefficient (Wildman–Crippen LogP) is 1.89. The second-order valence-corrected chi connectivity index (χ2v) is 3.95. The zero-order chi connectivity index (χ0) is 12.4. The standard InChI is InChI=1S/C12H12FN3O/c1-8(2)10-12(17)16(7-6-14-10)11-9(13)4-3-5-15-11/h3-8H,1-2H3. The van der Waals surface area contributed by atoms with Gasteiger partial charge in [-0.15, -0.1) is 0 Å². The van der Waals surface area contributed by atoms with Crippen molar-refractivity contribution in [2.75, 3.05) is 0 Å². The van der Waals surface area contributed by atoms with E-state index in [1.807, 2.05) is 13.8 Å². The van der Waals surface area contributed by atoms with Gasteiger partial charge in [0.25, 0.3) is 5.56 Å². The second kappa shape index (κ2) is 4.45. The van der Waals surface area contributed by atoms with Crippen molar-refractivity contribution in [2.24, 2.45) is 0 Å². The van der Waals surface area contributed by atoms with Crippen molar-refractivity contribution in [1.82, 2.24) is 14.5 Å². The van der Waals surface area contributed by atoms with Crippen LogP contribution < -0.4 is 5.56 Å². The van der Waals surface area contributed by atoms with Gasteiger partial charge in [-0.05, 0) is 12.1 Å². The number of aromatic nitrogens is 3. The summed E-state index contributed by atoms with van der Waals surface area (Å²) in [5, 5.41) is 0. The van der Waals surface area contributed by atoms with Crippen LogP contribution in [0.2, 0.25) is 0 Å². The minimum Gasteiger partial charge on any atom is -0.267 e. The Morgan fingerprint density at radius 1 is 1.29 bits per heavy atom. The van der Waals surface area contributed by atoms with Crippen LogP contribution in [0.15, 0.2) is 35.5 Å². The molecule has 2 aromatic rings. The predicted molar refractivity (Wildman–Crippen MR) is 61.7 cm³/mol. The zero-order valence-corrected chi connectivity index (χ0v) is 9.59. The van der Waals surface area contributed by atoms with Gasteiger partial charge in [0, 0.05) is 24.5 Å². The fraction of sp³-hybridized carbons (Fsp3) is 0.250. The number of hydrogen-bond acceptors (Lipinski definition) is 3. The summed E-state index contributed by atoms with van der Waals surface area (Å²) >= 11 is 0. The summed E-state index contributed by atoms with van der Waals surface area (Å²) in [5.74, 6) is -0.543. The third kappa shape index (κ3) is 2.08. The second-order valence-electron chi connectivity index (χ2n) is 3.95. The molecule has 0 atom stereocenters. The molecule has 0 aliphatic rings. The largest absolute Gasteiger partial charge is 0.278 e. The summed E-state index contributed by atoms with van der Waals surface area (Å²) in [7, 11) is 0. The topological polar surface area (TPSA) is 47.8 Å². The minimum atomic E-state index is -0.532. The molecule has 0 unspecified atom stereocenters. The van der Waals surface area contributed by atoms with Crippen molar-refractivity contribution in [1.29, 1.82) is 0 Å². The lowest BCUT2D eigenvalue weighted by Crippen LogP contribution is -2.25. The van der Waals surface area contributed by atoms with E-state index in [1.54, 1.807) is 0 Å². The Bertz CT molecular complexity index is 592. The quantitative estimate of drug-likeness (QED) is 0.795. The van der Waals surface area contributed by atoms with E-state index < -0.39 is 5.82 Å². The van der Waals surface area contributed by atoms with Crippen molar-refractivity contribution in [2.45, 2.75) is 19.8 Å². The van der Waals surface area contributed by atoms with Crippen molar-refractivity contribution in [3.63, 3.8) is 0 Å². The molecule has 4 nitrogen and oxygen atoms in total. The van der Waals surface area contributed by atoms with E-state index in [-0.39, 0.29) is 17.3 Å². The molecule has 2 aromatic heterocycles. The lowest BCUT2D eigenvalue weighted by atomic mass is 10.1. The Kier molecular flexibility index (Phi) is 2.99. The molecule has 0 radical (unpaired) electrons. The van der Waals surface area contributed by atoms with Gasteiger partial charge in [-0.2, -0.15) is 0 Å². The average Bonchev–Trinajstić information content (AvgIpc) is 2.30. The van der Waals surface area contributed by atoms with Crippen LogP contribution in [-0.4, -0.2) is 14.5 Å². The maximum atomic E-state index is 13.5. The maximum absolute atomic E-state index is 13.5. The van der Waals surface area contributed by atoms with Gasteiger partial charge in [-0.3, -0.25) is 14.3 Å². The monoisotopic (exact) mass is 233 g/mol. The van der Waals surface area contributed by atoms with E-state index in [0.29, 0.717) is 5.69 Å². The molecule has 0 saturated heterocycles. The highest BCUT2D eigenvalue weighted by Crippen LogP contribution is 2.09. The highest BCUT2D eigenvalue weighted by atomic mass is 19.1. The molecular weight excluding hydrogens is 221 g/mol. The fourth-order valence-corrected chi connectivity index (χ4v) is 1.54. The smallest absolute Gasteiger partial charge is 0.267 e. The Morgan fingerprint density at radius 2 is 2.06 bits per heavy atom. The molecule has 5 heteroatoms. The van der Waals surface area contributed by atoms with Gasteiger partial charge in [-0.25, -0.2) is 9.37 Å². The van der Waals surface area contributed by atoms with Gasteiger partial charge in [0.05, 0.1) is 0 Å². The summed E-state index contributed by atoms with van der Waals surface area (Å²) in [5.41, 5.74) is 0.0673. The molecule has 88 valence electrons. The molecule has 0 fully saturated rings. The highest BCUT2D eigenvalue weighted by Gasteiger charge is 2.12. The van der Waals surface area contributed by atoms with Gasteiger partial charge >= 0.3 is 0 Å². The van der Waals surface area contributed by atoms with E-state index in [4.69, 9.17) is 0 Å². The molecule has 0 aliphatic carbocycles. The molecule has 0 bridgehead atoms. The van der Waals surface area contributed by atoms with Gasteiger partial charge < -0.3 is 0 Å². The van der Waals surface area contributed by atoms with Crippen molar-refractivity contribution >= 4 is 0 Å². The van der Waals surface area contributed by atoms with E-state index in [1.165, 1.54) is 35.3 Å². The van der Waals surface area contributed by atoms with E-state index in [0.717, 1.165) is 0 Å². The lowest BCUT2D eigenvalue weighted by Gasteiger charge is -2.08. The fourth-order valence-electron chi connectivity index (χ4n) is 1.54. The molecule has 0 spiro atoms. The normalized spacial score (nSPS) is 10.8. The molecule has 2 heterocycles. The first-order chi connectivity index (χ1) is 8.11. The molecule has 2 rings (SSSR count). The maximum Gasteiger partial charge on any atom is 0.278 e. The van der Waals surface area contributed by atoms with Gasteiger partial charge in [-0.1, -0.05) is 13.8 Å². The highest BCUT2D eigenvalue weighted by molar-refractivity contribution is 5.25. The summed E-state index contributed by atoms with van der Waals surface area (Å²) in [6, 6.07) is 2.75. The number of pyridine rings is 1. The molecule has 0 N–H and O–H groups in total. The van der Waals surface area contributed by atoms with Crippen LogP contribution >= 0.6 is 0 Å². The molecule has 17 heavy (non-hydrogen) atoms. The number of hydrogen-bond donors (Lipinski definition) is 0. The lowest BCUT2D eigenvalue weighted by molar-refractivity contribution is 0.604. The molecule has 0 amide bonds. The summed E-state index contributed by atoms with van der Waals surface area (Å²) in [4.78, 5) is 19.9. The Balaban J connectivity index is 2.66. The van der Waals surface area contributed by atoms with Gasteiger partial charge in [0.1, 0.15) is 5.69 Å².